The second-order valence-electron chi connectivity index (χ2n) is 3.27. The van der Waals surface area contributed by atoms with Gasteiger partial charge in [-0.3, -0.25) is 5.32 Å². The second kappa shape index (κ2) is 5.56. The van der Waals surface area contributed by atoms with E-state index < -0.39 is 0 Å². The average Bonchev–Trinajstić information content (AvgIpc) is 2.50. The van der Waals surface area contributed by atoms with Crippen LogP contribution >= 0.6 is 0 Å². The number of nitrogens with one attached hydrogen (secondary N) is 1. The topological polar surface area (TPSA) is 21.3 Å². The van der Waals surface area contributed by atoms with Crippen molar-refractivity contribution in [3.63, 3.8) is 0 Å². The summed E-state index contributed by atoms with van der Waals surface area (Å²) in [6.45, 7) is 3.93. The maximum atomic E-state index is 5.20. The summed E-state index contributed by atoms with van der Waals surface area (Å²) >= 11 is 0. The molecule has 0 spiro atoms. The van der Waals surface area contributed by atoms with Crippen LogP contribution in [0, 0.1) is 0 Å². The van der Waals surface area contributed by atoms with Crippen molar-refractivity contribution >= 4 is 0 Å². The highest BCUT2D eigenvalue weighted by Gasteiger charge is 2.12. The Kier molecular flexibility index (Phi) is 4.55. The first-order chi connectivity index (χ1) is 5.43. The summed E-state index contributed by atoms with van der Waals surface area (Å²) in [6, 6.07) is 0.645. The van der Waals surface area contributed by atoms with E-state index in [-0.39, 0.29) is 0 Å². The molecule has 2 heteroatoms. The minimum absolute atomic E-state index is 0.645. The van der Waals surface area contributed by atoms with Crippen molar-refractivity contribution in [3.05, 3.63) is 0 Å². The van der Waals surface area contributed by atoms with Crippen molar-refractivity contribution in [1.29, 1.82) is 0 Å². The molecule has 0 bridgehead atoms. The molecule has 1 unspecified atom stereocenters. The molecule has 1 aliphatic heterocycles. The molecule has 2 nitrogen and oxygen atoms in total. The molecule has 66 valence electrons. The van der Waals surface area contributed by atoms with Crippen LogP contribution in [-0.2, 0) is 4.74 Å². The highest BCUT2D eigenvalue weighted by Crippen LogP contribution is 2.07. The molecular formula is C9H19NO. The summed E-state index contributed by atoms with van der Waals surface area (Å²) in [5.41, 5.74) is 0. The summed E-state index contributed by atoms with van der Waals surface area (Å²) in [5.74, 6) is 0. The van der Waals surface area contributed by atoms with Crippen LogP contribution in [0.2, 0.25) is 0 Å². The van der Waals surface area contributed by atoms with Crippen molar-refractivity contribution in [1.82, 2.24) is 5.32 Å². The largest absolute Gasteiger partial charge is 0.365 e. The molecular weight excluding hydrogens is 138 g/mol. The Bertz CT molecular complexity index is 89.6. The predicted octanol–water partition coefficient (Wildman–Crippen LogP) is 1.90. The van der Waals surface area contributed by atoms with Crippen LogP contribution in [0.5, 0.6) is 0 Å². The Balaban J connectivity index is 1.86. The van der Waals surface area contributed by atoms with Crippen molar-refractivity contribution in [2.24, 2.45) is 0 Å². The molecule has 1 aliphatic rings. The van der Waals surface area contributed by atoms with Gasteiger partial charge in [0.2, 0.25) is 0 Å². The normalized spacial score (nSPS) is 24.3. The van der Waals surface area contributed by atoms with E-state index in [2.05, 4.69) is 12.2 Å². The third kappa shape index (κ3) is 3.73. The van der Waals surface area contributed by atoms with Crippen LogP contribution < -0.4 is 5.32 Å². The molecule has 1 fully saturated rings. The van der Waals surface area contributed by atoms with E-state index in [0.717, 1.165) is 13.3 Å². The van der Waals surface area contributed by atoms with Crippen molar-refractivity contribution < 1.29 is 4.74 Å². The standard InChI is InChI=1S/C9H19NO/c1-2-3-4-5-6-9-7-11-8-10-9/h9-10H,2-8H2,1H3. The van der Waals surface area contributed by atoms with E-state index in [0.29, 0.717) is 6.04 Å². The quantitative estimate of drug-likeness (QED) is 0.615. The maximum absolute atomic E-state index is 5.20. The van der Waals surface area contributed by atoms with Crippen LogP contribution in [0.25, 0.3) is 0 Å². The summed E-state index contributed by atoms with van der Waals surface area (Å²) < 4.78 is 5.20. The zero-order valence-electron chi connectivity index (χ0n) is 7.44. The fraction of sp³-hybridized carbons (Fsp3) is 1.00. The van der Waals surface area contributed by atoms with E-state index in [1.165, 1.54) is 32.1 Å². The van der Waals surface area contributed by atoms with Gasteiger partial charge in [-0.1, -0.05) is 32.6 Å². The summed E-state index contributed by atoms with van der Waals surface area (Å²) in [4.78, 5) is 0. The van der Waals surface area contributed by atoms with Crippen LogP contribution in [0.1, 0.15) is 39.0 Å². The van der Waals surface area contributed by atoms with Gasteiger partial charge in [-0.05, 0) is 6.42 Å². The van der Waals surface area contributed by atoms with Gasteiger partial charge in [-0.2, -0.15) is 0 Å². The molecule has 1 rings (SSSR count). The lowest BCUT2D eigenvalue weighted by Gasteiger charge is -2.06. The molecule has 0 saturated carbocycles. The average molecular weight is 157 g/mol. The summed E-state index contributed by atoms with van der Waals surface area (Å²) in [6.07, 6.45) is 6.74. The Labute approximate surface area is 69.3 Å². The molecule has 1 atom stereocenters. The first-order valence-electron chi connectivity index (χ1n) is 4.74. The molecule has 1 heterocycles. The van der Waals surface area contributed by atoms with E-state index in [4.69, 9.17) is 4.74 Å². The van der Waals surface area contributed by atoms with Gasteiger partial charge >= 0.3 is 0 Å². The van der Waals surface area contributed by atoms with E-state index in [1.54, 1.807) is 0 Å². The number of hydrogen-bond donors (Lipinski definition) is 1. The van der Waals surface area contributed by atoms with Gasteiger partial charge in [0.1, 0.15) is 0 Å². The first kappa shape index (κ1) is 9.01. The Hall–Kier alpha value is -0.0800. The second-order valence-corrected chi connectivity index (χ2v) is 3.27. The Morgan fingerprint density at radius 1 is 1.36 bits per heavy atom. The zero-order valence-corrected chi connectivity index (χ0v) is 7.44. The van der Waals surface area contributed by atoms with Crippen LogP contribution in [0.15, 0.2) is 0 Å². The molecule has 0 aromatic heterocycles. The number of unbranched alkanes of at least 4 members (excludes halogenated alkanes) is 3. The lowest BCUT2D eigenvalue weighted by molar-refractivity contribution is 0.188. The van der Waals surface area contributed by atoms with Gasteiger partial charge in [-0.25, -0.2) is 0 Å². The minimum atomic E-state index is 0.645. The lowest BCUT2D eigenvalue weighted by Crippen LogP contribution is -2.23. The molecule has 0 aliphatic carbocycles. The van der Waals surface area contributed by atoms with Crippen LogP contribution in [0.4, 0.5) is 0 Å². The molecule has 0 radical (unpaired) electrons. The van der Waals surface area contributed by atoms with Gasteiger partial charge in [0.15, 0.2) is 0 Å². The maximum Gasteiger partial charge on any atom is 0.0968 e. The van der Waals surface area contributed by atoms with E-state index in [1.807, 2.05) is 0 Å². The minimum Gasteiger partial charge on any atom is -0.365 e. The molecule has 1 N–H and O–H groups in total. The van der Waals surface area contributed by atoms with Crippen molar-refractivity contribution in [2.45, 2.75) is 45.1 Å². The highest BCUT2D eigenvalue weighted by atomic mass is 16.5. The third-order valence-corrected chi connectivity index (χ3v) is 2.20. The highest BCUT2D eigenvalue weighted by molar-refractivity contribution is 4.68. The van der Waals surface area contributed by atoms with Crippen LogP contribution in [0.3, 0.4) is 0 Å². The fourth-order valence-electron chi connectivity index (χ4n) is 1.44. The van der Waals surface area contributed by atoms with Gasteiger partial charge in [0.25, 0.3) is 0 Å². The number of rotatable bonds is 5. The van der Waals surface area contributed by atoms with E-state index in [9.17, 15) is 0 Å². The summed E-state index contributed by atoms with van der Waals surface area (Å²) in [5, 5.41) is 3.31. The van der Waals surface area contributed by atoms with Crippen LogP contribution in [-0.4, -0.2) is 19.4 Å². The van der Waals surface area contributed by atoms with Gasteiger partial charge in [0.05, 0.1) is 13.3 Å². The Morgan fingerprint density at radius 2 is 2.27 bits per heavy atom. The smallest absolute Gasteiger partial charge is 0.0968 e. The third-order valence-electron chi connectivity index (χ3n) is 2.20. The van der Waals surface area contributed by atoms with Gasteiger partial charge in [-0.15, -0.1) is 0 Å². The van der Waals surface area contributed by atoms with Crippen molar-refractivity contribution in [3.8, 4) is 0 Å². The fourth-order valence-corrected chi connectivity index (χ4v) is 1.44. The molecule has 0 aromatic rings. The monoisotopic (exact) mass is 157 g/mol. The Morgan fingerprint density at radius 3 is 2.91 bits per heavy atom. The van der Waals surface area contributed by atoms with E-state index >= 15 is 0 Å². The van der Waals surface area contributed by atoms with Gasteiger partial charge < -0.3 is 4.74 Å². The van der Waals surface area contributed by atoms with Gasteiger partial charge in [0, 0.05) is 6.04 Å². The molecule has 11 heavy (non-hydrogen) atoms. The lowest BCUT2D eigenvalue weighted by atomic mass is 10.1. The summed E-state index contributed by atoms with van der Waals surface area (Å²) in [7, 11) is 0. The predicted molar refractivity (Wildman–Crippen MR) is 46.5 cm³/mol. The zero-order chi connectivity index (χ0) is 7.94. The first-order valence-corrected chi connectivity index (χ1v) is 4.74. The van der Waals surface area contributed by atoms with Crippen molar-refractivity contribution in [2.75, 3.05) is 13.3 Å². The molecule has 0 amide bonds. The number of hydrogen-bond acceptors (Lipinski definition) is 2. The number of ether oxygens (including phenoxy) is 1. The molecule has 0 aromatic carbocycles. The SMILES string of the molecule is CCCCCCC1COCN1. The molecule has 1 saturated heterocycles.